The number of rotatable bonds is 6. The Morgan fingerprint density at radius 3 is 2.41 bits per heavy atom. The molecule has 0 bridgehead atoms. The Hall–Kier alpha value is -3.90. The predicted octanol–water partition coefficient (Wildman–Crippen LogP) is 4.22. The molecule has 0 unspecified atom stereocenters. The van der Waals surface area contributed by atoms with Crippen LogP contribution in [0.5, 0.6) is 0 Å². The van der Waals surface area contributed by atoms with Crippen molar-refractivity contribution >= 4 is 40.0 Å². The van der Waals surface area contributed by atoms with Gasteiger partial charge >= 0.3 is 0 Å². The van der Waals surface area contributed by atoms with Crippen LogP contribution in [0.4, 0.5) is 5.69 Å². The Kier molecular flexibility index (Phi) is 6.33. The SMILES string of the molecule is O=C(Cn1c(=O)cc(C(=O)NCc2ccccc2)c2ccccc21)Nc1cccc(Cl)c1. The summed E-state index contributed by atoms with van der Waals surface area (Å²) >= 11 is 5.96. The zero-order valence-electron chi connectivity index (χ0n) is 17.0. The topological polar surface area (TPSA) is 80.2 Å². The Bertz CT molecular complexity index is 1350. The van der Waals surface area contributed by atoms with Crippen LogP contribution in [-0.2, 0) is 17.9 Å². The summed E-state index contributed by atoms with van der Waals surface area (Å²) < 4.78 is 1.35. The van der Waals surface area contributed by atoms with Crippen molar-refractivity contribution in [1.29, 1.82) is 0 Å². The van der Waals surface area contributed by atoms with Gasteiger partial charge in [0.2, 0.25) is 5.91 Å². The first-order valence-electron chi connectivity index (χ1n) is 10.0. The smallest absolute Gasteiger partial charge is 0.252 e. The van der Waals surface area contributed by atoms with E-state index in [9.17, 15) is 14.4 Å². The maximum absolute atomic E-state index is 12.9. The molecular weight excluding hydrogens is 426 g/mol. The van der Waals surface area contributed by atoms with Crippen LogP contribution in [-0.4, -0.2) is 16.4 Å². The lowest BCUT2D eigenvalue weighted by Gasteiger charge is -2.14. The number of carbonyl (C=O) groups is 2. The first-order chi connectivity index (χ1) is 15.5. The van der Waals surface area contributed by atoms with Gasteiger partial charge in [-0.1, -0.05) is 66.2 Å². The third kappa shape index (κ3) is 4.87. The standard InChI is InChI=1S/C25H20ClN3O3/c26-18-9-6-10-19(13-18)28-23(30)16-29-22-12-5-4-11-20(22)21(14-24(29)31)25(32)27-15-17-7-2-1-3-8-17/h1-14H,15-16H2,(H,27,32)(H,28,30). The average molecular weight is 446 g/mol. The molecule has 1 aromatic heterocycles. The molecule has 0 saturated carbocycles. The van der Waals surface area contributed by atoms with Crippen LogP contribution in [0.1, 0.15) is 15.9 Å². The highest BCUT2D eigenvalue weighted by Gasteiger charge is 2.16. The van der Waals surface area contributed by atoms with E-state index in [1.54, 1.807) is 48.5 Å². The monoisotopic (exact) mass is 445 g/mol. The first kappa shape index (κ1) is 21.3. The molecular formula is C25H20ClN3O3. The summed E-state index contributed by atoms with van der Waals surface area (Å²) in [6.45, 7) is 0.150. The minimum atomic E-state index is -0.435. The van der Waals surface area contributed by atoms with Crippen LogP contribution in [0.15, 0.2) is 89.7 Å². The third-order valence-electron chi connectivity index (χ3n) is 4.97. The number of pyridine rings is 1. The number of nitrogens with zero attached hydrogens (tertiary/aromatic N) is 1. The zero-order valence-corrected chi connectivity index (χ0v) is 17.8. The molecule has 2 amide bonds. The minimum absolute atomic E-state index is 0.197. The summed E-state index contributed by atoms with van der Waals surface area (Å²) in [6, 6.07) is 24.6. The van der Waals surface area contributed by atoms with Crippen molar-refractivity contribution in [3.05, 3.63) is 111 Å². The molecule has 7 heteroatoms. The van der Waals surface area contributed by atoms with E-state index in [2.05, 4.69) is 10.6 Å². The Balaban J connectivity index is 1.60. The molecule has 0 aliphatic carbocycles. The van der Waals surface area contributed by atoms with Gasteiger partial charge in [0.15, 0.2) is 0 Å². The molecule has 6 nitrogen and oxygen atoms in total. The van der Waals surface area contributed by atoms with Gasteiger partial charge in [-0.2, -0.15) is 0 Å². The van der Waals surface area contributed by atoms with E-state index in [1.165, 1.54) is 10.6 Å². The summed E-state index contributed by atoms with van der Waals surface area (Å²) in [7, 11) is 0. The lowest BCUT2D eigenvalue weighted by atomic mass is 10.1. The predicted molar refractivity (Wildman–Crippen MR) is 126 cm³/mol. The second-order valence-electron chi connectivity index (χ2n) is 7.23. The van der Waals surface area contributed by atoms with Crippen molar-refractivity contribution in [3.63, 3.8) is 0 Å². The fourth-order valence-corrected chi connectivity index (χ4v) is 3.66. The van der Waals surface area contributed by atoms with Gasteiger partial charge in [-0.15, -0.1) is 0 Å². The Morgan fingerprint density at radius 2 is 1.62 bits per heavy atom. The summed E-state index contributed by atoms with van der Waals surface area (Å²) in [5.41, 5.74) is 1.84. The number of anilines is 1. The lowest BCUT2D eigenvalue weighted by molar-refractivity contribution is -0.116. The number of carbonyl (C=O) groups excluding carboxylic acids is 2. The first-order valence-corrected chi connectivity index (χ1v) is 10.4. The van der Waals surface area contributed by atoms with E-state index in [1.807, 2.05) is 30.3 Å². The van der Waals surface area contributed by atoms with Gasteiger partial charge in [-0.25, -0.2) is 0 Å². The van der Waals surface area contributed by atoms with E-state index >= 15 is 0 Å². The second kappa shape index (κ2) is 9.49. The van der Waals surface area contributed by atoms with Gasteiger partial charge in [-0.05, 0) is 29.8 Å². The van der Waals surface area contributed by atoms with Crippen LogP contribution in [0.25, 0.3) is 10.9 Å². The average Bonchev–Trinajstić information content (AvgIpc) is 2.80. The number of nitrogens with one attached hydrogen (secondary N) is 2. The number of fused-ring (bicyclic) bond motifs is 1. The highest BCUT2D eigenvalue weighted by Crippen LogP contribution is 2.18. The number of benzene rings is 3. The van der Waals surface area contributed by atoms with Crippen LogP contribution >= 0.6 is 11.6 Å². The van der Waals surface area contributed by atoms with Crippen LogP contribution in [0.2, 0.25) is 5.02 Å². The molecule has 160 valence electrons. The summed E-state index contributed by atoms with van der Waals surface area (Å²) in [4.78, 5) is 38.3. The molecule has 0 aliphatic rings. The van der Waals surface area contributed by atoms with Crippen molar-refractivity contribution in [2.45, 2.75) is 13.1 Å². The number of para-hydroxylation sites is 1. The molecule has 1 heterocycles. The second-order valence-corrected chi connectivity index (χ2v) is 7.66. The van der Waals surface area contributed by atoms with Gasteiger partial charge in [-0.3, -0.25) is 19.0 Å². The molecule has 0 fully saturated rings. The van der Waals surface area contributed by atoms with Gasteiger partial charge in [0.05, 0.1) is 11.1 Å². The highest BCUT2D eigenvalue weighted by atomic mass is 35.5. The van der Waals surface area contributed by atoms with Gasteiger partial charge in [0, 0.05) is 28.7 Å². The van der Waals surface area contributed by atoms with Crippen LogP contribution < -0.4 is 16.2 Å². The minimum Gasteiger partial charge on any atom is -0.348 e. The van der Waals surface area contributed by atoms with Crippen molar-refractivity contribution in [3.8, 4) is 0 Å². The largest absolute Gasteiger partial charge is 0.348 e. The van der Waals surface area contributed by atoms with Crippen molar-refractivity contribution < 1.29 is 9.59 Å². The van der Waals surface area contributed by atoms with Gasteiger partial charge < -0.3 is 10.6 Å². The fraction of sp³-hybridized carbons (Fsp3) is 0.0800. The number of amides is 2. The molecule has 0 aliphatic heterocycles. The van der Waals surface area contributed by atoms with Crippen molar-refractivity contribution in [2.75, 3.05) is 5.32 Å². The van der Waals surface area contributed by atoms with Crippen molar-refractivity contribution in [1.82, 2.24) is 9.88 Å². The number of hydrogen-bond donors (Lipinski definition) is 2. The molecule has 0 radical (unpaired) electrons. The zero-order chi connectivity index (χ0) is 22.5. The van der Waals surface area contributed by atoms with E-state index in [0.29, 0.717) is 28.2 Å². The number of hydrogen-bond acceptors (Lipinski definition) is 3. The summed E-state index contributed by atoms with van der Waals surface area (Å²) in [6.07, 6.45) is 0. The van der Waals surface area contributed by atoms with E-state index in [4.69, 9.17) is 11.6 Å². The lowest BCUT2D eigenvalue weighted by Crippen LogP contribution is -2.30. The Morgan fingerprint density at radius 1 is 0.875 bits per heavy atom. The number of aromatic nitrogens is 1. The van der Waals surface area contributed by atoms with Crippen LogP contribution in [0.3, 0.4) is 0 Å². The Labute approximate surface area is 189 Å². The number of halogens is 1. The summed E-state index contributed by atoms with van der Waals surface area (Å²) in [5, 5.41) is 6.68. The molecule has 3 aromatic carbocycles. The van der Waals surface area contributed by atoms with E-state index in [0.717, 1.165) is 5.56 Å². The normalized spacial score (nSPS) is 10.7. The van der Waals surface area contributed by atoms with Crippen molar-refractivity contribution in [2.24, 2.45) is 0 Å². The molecule has 0 saturated heterocycles. The quantitative estimate of drug-likeness (QED) is 0.466. The molecule has 32 heavy (non-hydrogen) atoms. The fourth-order valence-electron chi connectivity index (χ4n) is 3.47. The highest BCUT2D eigenvalue weighted by molar-refractivity contribution is 6.30. The van der Waals surface area contributed by atoms with Gasteiger partial charge in [0.25, 0.3) is 11.5 Å². The molecule has 0 spiro atoms. The molecule has 4 rings (SSSR count). The summed E-state index contributed by atoms with van der Waals surface area (Å²) in [5.74, 6) is -0.724. The maximum atomic E-state index is 12.9. The molecule has 2 N–H and O–H groups in total. The maximum Gasteiger partial charge on any atom is 0.252 e. The van der Waals surface area contributed by atoms with Crippen LogP contribution in [0, 0.1) is 0 Å². The molecule has 4 aromatic rings. The van der Waals surface area contributed by atoms with E-state index < -0.39 is 5.56 Å². The third-order valence-corrected chi connectivity index (χ3v) is 5.20. The van der Waals surface area contributed by atoms with Gasteiger partial charge in [0.1, 0.15) is 6.54 Å². The van der Waals surface area contributed by atoms with E-state index in [-0.39, 0.29) is 23.9 Å². The molecule has 0 atom stereocenters.